The van der Waals surface area contributed by atoms with Crippen LogP contribution in [0.25, 0.3) is 10.9 Å². The fraction of sp³-hybridized carbons (Fsp3) is 0.250. The first-order valence-electron chi connectivity index (χ1n) is 8.41. The van der Waals surface area contributed by atoms with Gasteiger partial charge in [-0.1, -0.05) is 32.0 Å². The van der Waals surface area contributed by atoms with Crippen molar-refractivity contribution in [3.63, 3.8) is 0 Å². The molecule has 0 aliphatic carbocycles. The van der Waals surface area contributed by atoms with Gasteiger partial charge in [-0.3, -0.25) is 4.79 Å². The third kappa shape index (κ3) is 4.55. The number of carbonyl (C=O) groups is 1. The van der Waals surface area contributed by atoms with E-state index in [2.05, 4.69) is 0 Å². The molecule has 1 heterocycles. The van der Waals surface area contributed by atoms with Gasteiger partial charge in [-0.2, -0.15) is 26.3 Å². The number of hydrogen-bond donors (Lipinski definition) is 0. The Bertz CT molecular complexity index is 937. The fourth-order valence-corrected chi connectivity index (χ4v) is 2.81. The third-order valence-electron chi connectivity index (χ3n) is 3.95. The lowest BCUT2D eigenvalue weighted by Crippen LogP contribution is -2.12. The first-order valence-corrected chi connectivity index (χ1v) is 8.41. The van der Waals surface area contributed by atoms with Crippen LogP contribution >= 0.6 is 0 Å². The average Bonchev–Trinajstić information content (AvgIpc) is 2.99. The Hall–Kier alpha value is -2.77. The zero-order valence-electron chi connectivity index (χ0n) is 15.0. The van der Waals surface area contributed by atoms with E-state index in [1.807, 2.05) is 13.8 Å². The molecule has 3 aromatic rings. The standard InChI is InChI=1S/C18H11F6NO.C2H6/c19-17(20,21)13-5-11(6-14(7-13)18(22,23)24)8-25-9-12(10-26)15-3-1-2-4-16(15)25;1-2/h1-7,9-10H,8H2;1-2H3. The summed E-state index contributed by atoms with van der Waals surface area (Å²) in [6.07, 6.45) is -7.80. The van der Waals surface area contributed by atoms with Crippen LogP contribution in [-0.4, -0.2) is 10.9 Å². The number of halogens is 6. The third-order valence-corrected chi connectivity index (χ3v) is 3.95. The number of nitrogens with zero attached hydrogens (tertiary/aromatic N) is 1. The van der Waals surface area contributed by atoms with Crippen molar-refractivity contribution in [1.82, 2.24) is 4.57 Å². The molecule has 8 heteroatoms. The Morgan fingerprint density at radius 3 is 1.93 bits per heavy atom. The monoisotopic (exact) mass is 401 g/mol. The molecule has 3 rings (SSSR count). The molecule has 0 spiro atoms. The van der Waals surface area contributed by atoms with Crippen LogP contribution in [0.5, 0.6) is 0 Å². The van der Waals surface area contributed by atoms with E-state index in [1.54, 1.807) is 24.3 Å². The van der Waals surface area contributed by atoms with Crippen molar-refractivity contribution in [1.29, 1.82) is 0 Å². The number of aromatic nitrogens is 1. The first-order chi connectivity index (χ1) is 13.1. The molecule has 0 radical (unpaired) electrons. The summed E-state index contributed by atoms with van der Waals surface area (Å²) in [5, 5.41) is 0.575. The summed E-state index contributed by atoms with van der Waals surface area (Å²) < 4.78 is 79.2. The molecular formula is C20H17F6NO. The molecule has 0 aliphatic rings. The van der Waals surface area contributed by atoms with Gasteiger partial charge in [-0.05, 0) is 29.8 Å². The molecule has 0 unspecified atom stereocenters. The highest BCUT2D eigenvalue weighted by molar-refractivity contribution is 5.97. The Kier molecular flexibility index (Phi) is 6.21. The van der Waals surface area contributed by atoms with Crippen molar-refractivity contribution < 1.29 is 31.1 Å². The second kappa shape index (κ2) is 8.08. The van der Waals surface area contributed by atoms with Crippen LogP contribution in [0.2, 0.25) is 0 Å². The molecule has 1 aromatic heterocycles. The minimum absolute atomic E-state index is 0.0914. The highest BCUT2D eigenvalue weighted by atomic mass is 19.4. The van der Waals surface area contributed by atoms with E-state index in [-0.39, 0.29) is 18.2 Å². The van der Waals surface area contributed by atoms with Gasteiger partial charge in [0.25, 0.3) is 0 Å². The molecular weight excluding hydrogens is 384 g/mol. The van der Waals surface area contributed by atoms with Crippen molar-refractivity contribution >= 4 is 17.2 Å². The SMILES string of the molecule is CC.O=Cc1cn(Cc2cc(C(F)(F)F)cc(C(F)(F)F)c2)c2ccccc12. The van der Waals surface area contributed by atoms with Gasteiger partial charge < -0.3 is 4.57 Å². The van der Waals surface area contributed by atoms with Gasteiger partial charge in [0.05, 0.1) is 11.1 Å². The molecule has 0 atom stereocenters. The molecule has 28 heavy (non-hydrogen) atoms. The number of aldehydes is 1. The van der Waals surface area contributed by atoms with E-state index in [9.17, 15) is 31.1 Å². The summed E-state index contributed by atoms with van der Waals surface area (Å²) in [6.45, 7) is 3.77. The largest absolute Gasteiger partial charge is 0.416 e. The van der Waals surface area contributed by atoms with Crippen LogP contribution in [0.4, 0.5) is 26.3 Å². The predicted molar refractivity (Wildman–Crippen MR) is 94.2 cm³/mol. The Balaban J connectivity index is 0.00000136. The van der Waals surface area contributed by atoms with Gasteiger partial charge in [-0.15, -0.1) is 0 Å². The number of rotatable bonds is 3. The van der Waals surface area contributed by atoms with E-state index in [0.717, 1.165) is 0 Å². The van der Waals surface area contributed by atoms with Crippen LogP contribution in [0.3, 0.4) is 0 Å². The number of para-hydroxylation sites is 1. The quantitative estimate of drug-likeness (QED) is 0.360. The van der Waals surface area contributed by atoms with Gasteiger partial charge >= 0.3 is 12.4 Å². The van der Waals surface area contributed by atoms with Gasteiger partial charge in [-0.25, -0.2) is 0 Å². The molecule has 0 N–H and O–H groups in total. The summed E-state index contributed by atoms with van der Waals surface area (Å²) >= 11 is 0. The fourth-order valence-electron chi connectivity index (χ4n) is 2.81. The smallest absolute Gasteiger partial charge is 0.342 e. The van der Waals surface area contributed by atoms with Crippen LogP contribution in [0.15, 0.2) is 48.7 Å². The normalized spacial score (nSPS) is 11.9. The summed E-state index contributed by atoms with van der Waals surface area (Å²) in [7, 11) is 0. The Morgan fingerprint density at radius 1 is 0.893 bits per heavy atom. The zero-order chi connectivity index (χ0) is 21.1. The molecule has 2 aromatic carbocycles. The summed E-state index contributed by atoms with van der Waals surface area (Å²) in [5.41, 5.74) is -2.04. The second-order valence-corrected chi connectivity index (χ2v) is 5.76. The lowest BCUT2D eigenvalue weighted by molar-refractivity contribution is -0.143. The maximum absolute atomic E-state index is 13.0. The zero-order valence-corrected chi connectivity index (χ0v) is 15.0. The molecule has 0 saturated heterocycles. The maximum atomic E-state index is 13.0. The average molecular weight is 401 g/mol. The van der Waals surface area contributed by atoms with Crippen molar-refractivity contribution in [2.45, 2.75) is 32.7 Å². The van der Waals surface area contributed by atoms with E-state index < -0.39 is 23.5 Å². The van der Waals surface area contributed by atoms with Crippen molar-refractivity contribution in [2.24, 2.45) is 0 Å². The van der Waals surface area contributed by atoms with Crippen LogP contribution < -0.4 is 0 Å². The Morgan fingerprint density at radius 2 is 1.43 bits per heavy atom. The minimum atomic E-state index is -4.90. The Labute approximate surface area is 157 Å². The second-order valence-electron chi connectivity index (χ2n) is 5.76. The van der Waals surface area contributed by atoms with Crippen LogP contribution in [0.1, 0.15) is 40.9 Å². The van der Waals surface area contributed by atoms with Crippen LogP contribution in [-0.2, 0) is 18.9 Å². The van der Waals surface area contributed by atoms with Crippen molar-refractivity contribution in [2.75, 3.05) is 0 Å². The molecule has 0 fully saturated rings. The van der Waals surface area contributed by atoms with Gasteiger partial charge in [0.2, 0.25) is 0 Å². The number of carbonyl (C=O) groups excluding carboxylic acids is 1. The number of hydrogen-bond acceptors (Lipinski definition) is 1. The lowest BCUT2D eigenvalue weighted by atomic mass is 10.0. The summed E-state index contributed by atoms with van der Waals surface area (Å²) in [6, 6.07) is 8.11. The van der Waals surface area contributed by atoms with E-state index in [4.69, 9.17) is 0 Å². The molecule has 0 bridgehead atoms. The highest BCUT2D eigenvalue weighted by Gasteiger charge is 2.36. The summed E-state index contributed by atoms with van der Waals surface area (Å²) in [5.74, 6) is 0. The summed E-state index contributed by atoms with van der Waals surface area (Å²) in [4.78, 5) is 11.1. The van der Waals surface area contributed by atoms with Crippen molar-refractivity contribution in [3.8, 4) is 0 Å². The lowest BCUT2D eigenvalue weighted by Gasteiger charge is -2.15. The van der Waals surface area contributed by atoms with Gasteiger partial charge in [0, 0.05) is 29.2 Å². The van der Waals surface area contributed by atoms with E-state index >= 15 is 0 Å². The van der Waals surface area contributed by atoms with Crippen molar-refractivity contribution in [3.05, 3.63) is 70.9 Å². The maximum Gasteiger partial charge on any atom is 0.416 e. The molecule has 150 valence electrons. The topological polar surface area (TPSA) is 22.0 Å². The minimum Gasteiger partial charge on any atom is -0.342 e. The molecule has 0 aliphatic heterocycles. The number of alkyl halides is 6. The van der Waals surface area contributed by atoms with Gasteiger partial charge in [0.1, 0.15) is 0 Å². The number of benzene rings is 2. The number of fused-ring (bicyclic) bond motifs is 1. The van der Waals surface area contributed by atoms with E-state index in [1.165, 1.54) is 10.8 Å². The molecule has 2 nitrogen and oxygen atoms in total. The van der Waals surface area contributed by atoms with Crippen LogP contribution in [0, 0.1) is 0 Å². The van der Waals surface area contributed by atoms with E-state index in [0.29, 0.717) is 34.9 Å². The molecule has 0 amide bonds. The predicted octanol–water partition coefficient (Wildman–Crippen LogP) is 6.57. The first kappa shape index (κ1) is 21.5. The van der Waals surface area contributed by atoms with Gasteiger partial charge in [0.15, 0.2) is 6.29 Å². The highest BCUT2D eigenvalue weighted by Crippen LogP contribution is 2.36. The molecule has 0 saturated carbocycles.